The maximum Gasteiger partial charge on any atom is 0.286 e. The van der Waals surface area contributed by atoms with Crippen LogP contribution in [0.2, 0.25) is 4.47 Å². The minimum absolute atomic E-state index is 0.252. The van der Waals surface area contributed by atoms with Crippen molar-refractivity contribution in [3.63, 3.8) is 0 Å². The highest BCUT2D eigenvalue weighted by molar-refractivity contribution is 9.10. The molecule has 1 aromatic carbocycles. The second-order valence-electron chi connectivity index (χ2n) is 3.73. The van der Waals surface area contributed by atoms with Gasteiger partial charge in [0.25, 0.3) is 5.91 Å². The molecule has 1 heterocycles. The first-order chi connectivity index (χ1) is 8.47. The highest BCUT2D eigenvalue weighted by atomic mass is 79.9. The van der Waals surface area contributed by atoms with Crippen LogP contribution in [-0.2, 0) is 0 Å². The van der Waals surface area contributed by atoms with Gasteiger partial charge in [-0.05, 0) is 48.7 Å². The van der Waals surface area contributed by atoms with E-state index in [0.29, 0.717) is 0 Å². The van der Waals surface area contributed by atoms with Gasteiger partial charge in [-0.15, -0.1) is 10.2 Å². The van der Waals surface area contributed by atoms with Gasteiger partial charge in [0.2, 0.25) is 9.47 Å². The molecule has 2 rings (SSSR count). The molecular weight excluding hydrogens is 338 g/mol. The van der Waals surface area contributed by atoms with Gasteiger partial charge in [-0.1, -0.05) is 27.3 Å². The van der Waals surface area contributed by atoms with Crippen molar-refractivity contribution in [2.45, 2.75) is 13.8 Å². The van der Waals surface area contributed by atoms with Crippen LogP contribution in [0, 0.1) is 13.8 Å². The number of nitrogens with one attached hydrogen (secondary N) is 1. The summed E-state index contributed by atoms with van der Waals surface area (Å²) >= 11 is 10.1. The van der Waals surface area contributed by atoms with Crippen LogP contribution in [0.5, 0.6) is 0 Å². The van der Waals surface area contributed by atoms with Gasteiger partial charge in [0.05, 0.1) is 0 Å². The predicted molar refractivity (Wildman–Crippen MR) is 76.5 cm³/mol. The van der Waals surface area contributed by atoms with E-state index < -0.39 is 0 Å². The number of amides is 1. The molecule has 0 saturated carbocycles. The minimum atomic E-state index is -0.298. The number of anilines is 1. The third-order valence-electron chi connectivity index (χ3n) is 2.33. The standard InChI is InChI=1S/C11H9BrClN3OS/c1-5-3-7(12)4-6(2)8(5)14-9(17)10-15-16-11(13)18-10/h3-4H,1-2H3,(H,14,17). The number of rotatable bonds is 2. The molecule has 0 unspecified atom stereocenters. The van der Waals surface area contributed by atoms with E-state index in [2.05, 4.69) is 31.4 Å². The number of benzene rings is 1. The summed E-state index contributed by atoms with van der Waals surface area (Å²) in [5.41, 5.74) is 2.74. The van der Waals surface area contributed by atoms with Crippen molar-refractivity contribution in [1.29, 1.82) is 0 Å². The lowest BCUT2D eigenvalue weighted by molar-refractivity contribution is 0.102. The van der Waals surface area contributed by atoms with E-state index in [9.17, 15) is 4.79 Å². The second-order valence-corrected chi connectivity index (χ2v) is 6.20. The summed E-state index contributed by atoms with van der Waals surface area (Å²) in [6.07, 6.45) is 0. The number of carbonyl (C=O) groups is 1. The summed E-state index contributed by atoms with van der Waals surface area (Å²) < 4.78 is 1.24. The summed E-state index contributed by atoms with van der Waals surface area (Å²) in [6, 6.07) is 3.88. The normalized spacial score (nSPS) is 10.4. The SMILES string of the molecule is Cc1cc(Br)cc(C)c1NC(=O)c1nnc(Cl)s1. The van der Waals surface area contributed by atoms with Gasteiger partial charge in [0, 0.05) is 10.2 Å². The zero-order chi connectivity index (χ0) is 13.3. The first-order valence-electron chi connectivity index (χ1n) is 5.04. The summed E-state index contributed by atoms with van der Waals surface area (Å²) in [4.78, 5) is 11.9. The molecule has 0 aliphatic heterocycles. The lowest BCUT2D eigenvalue weighted by Gasteiger charge is -2.11. The van der Waals surface area contributed by atoms with Crippen molar-refractivity contribution < 1.29 is 4.79 Å². The largest absolute Gasteiger partial charge is 0.319 e. The molecule has 0 aliphatic carbocycles. The lowest BCUT2D eigenvalue weighted by atomic mass is 10.1. The average Bonchev–Trinajstić information content (AvgIpc) is 2.70. The van der Waals surface area contributed by atoms with Gasteiger partial charge < -0.3 is 5.32 Å². The quantitative estimate of drug-likeness (QED) is 0.899. The van der Waals surface area contributed by atoms with Crippen LogP contribution in [0.1, 0.15) is 20.9 Å². The van der Waals surface area contributed by atoms with E-state index in [0.717, 1.165) is 32.6 Å². The number of halogens is 2. The Hall–Kier alpha value is -0.980. The predicted octanol–water partition coefficient (Wildman–Crippen LogP) is 3.82. The minimum Gasteiger partial charge on any atom is -0.319 e. The molecule has 94 valence electrons. The maximum absolute atomic E-state index is 11.9. The molecule has 0 atom stereocenters. The van der Waals surface area contributed by atoms with Crippen molar-refractivity contribution in [2.24, 2.45) is 0 Å². The Kier molecular flexibility index (Phi) is 3.99. The first-order valence-corrected chi connectivity index (χ1v) is 7.03. The molecule has 1 amide bonds. The van der Waals surface area contributed by atoms with Crippen molar-refractivity contribution >= 4 is 50.5 Å². The Balaban J connectivity index is 2.27. The Morgan fingerprint density at radius 2 is 1.94 bits per heavy atom. The lowest BCUT2D eigenvalue weighted by Crippen LogP contribution is -2.13. The Morgan fingerprint density at radius 3 is 2.44 bits per heavy atom. The van der Waals surface area contributed by atoms with E-state index in [1.54, 1.807) is 0 Å². The van der Waals surface area contributed by atoms with Gasteiger partial charge in [0.1, 0.15) is 0 Å². The van der Waals surface area contributed by atoms with Crippen molar-refractivity contribution in [1.82, 2.24) is 10.2 Å². The summed E-state index contributed by atoms with van der Waals surface area (Å²) in [7, 11) is 0. The molecule has 7 heteroatoms. The van der Waals surface area contributed by atoms with Gasteiger partial charge >= 0.3 is 0 Å². The Labute approximate surface area is 122 Å². The van der Waals surface area contributed by atoms with Gasteiger partial charge in [-0.25, -0.2) is 0 Å². The van der Waals surface area contributed by atoms with Crippen molar-refractivity contribution in [2.75, 3.05) is 5.32 Å². The van der Waals surface area contributed by atoms with Crippen LogP contribution in [-0.4, -0.2) is 16.1 Å². The molecule has 18 heavy (non-hydrogen) atoms. The van der Waals surface area contributed by atoms with Crippen molar-refractivity contribution in [3.05, 3.63) is 37.2 Å². The highest BCUT2D eigenvalue weighted by Gasteiger charge is 2.14. The van der Waals surface area contributed by atoms with Gasteiger partial charge in [0.15, 0.2) is 0 Å². The zero-order valence-electron chi connectivity index (χ0n) is 9.62. The molecule has 0 radical (unpaired) electrons. The summed E-state index contributed by atoms with van der Waals surface area (Å²) in [5, 5.41) is 10.4. The molecule has 1 aromatic heterocycles. The number of nitrogens with zero attached hydrogens (tertiary/aromatic N) is 2. The van der Waals surface area contributed by atoms with Gasteiger partial charge in [-0.3, -0.25) is 4.79 Å². The fourth-order valence-corrected chi connectivity index (χ4v) is 2.98. The fourth-order valence-electron chi connectivity index (χ4n) is 1.57. The molecule has 0 saturated heterocycles. The van der Waals surface area contributed by atoms with E-state index in [4.69, 9.17) is 11.6 Å². The second kappa shape index (κ2) is 5.34. The number of aryl methyl sites for hydroxylation is 2. The number of aromatic nitrogens is 2. The molecule has 0 bridgehead atoms. The van der Waals surface area contributed by atoms with Crippen LogP contribution in [0.3, 0.4) is 0 Å². The van der Waals surface area contributed by atoms with Crippen LogP contribution in [0.25, 0.3) is 0 Å². The van der Waals surface area contributed by atoms with E-state index >= 15 is 0 Å². The van der Waals surface area contributed by atoms with Crippen molar-refractivity contribution in [3.8, 4) is 0 Å². The van der Waals surface area contributed by atoms with Crippen LogP contribution < -0.4 is 5.32 Å². The number of hydrogen-bond donors (Lipinski definition) is 1. The van der Waals surface area contributed by atoms with Crippen LogP contribution >= 0.6 is 38.9 Å². The molecular formula is C11H9BrClN3OS. The maximum atomic E-state index is 11.9. The topological polar surface area (TPSA) is 54.9 Å². The first kappa shape index (κ1) is 13.5. The molecule has 0 spiro atoms. The fraction of sp³-hybridized carbons (Fsp3) is 0.182. The summed E-state index contributed by atoms with van der Waals surface area (Å²) in [6.45, 7) is 3.86. The van der Waals surface area contributed by atoms with Crippen LogP contribution in [0.4, 0.5) is 5.69 Å². The monoisotopic (exact) mass is 345 g/mol. The molecule has 0 aliphatic rings. The number of hydrogen-bond acceptors (Lipinski definition) is 4. The van der Waals surface area contributed by atoms with E-state index in [-0.39, 0.29) is 15.4 Å². The van der Waals surface area contributed by atoms with E-state index in [1.807, 2.05) is 26.0 Å². The average molecular weight is 347 g/mol. The molecule has 1 N–H and O–H groups in total. The molecule has 2 aromatic rings. The molecule has 4 nitrogen and oxygen atoms in total. The van der Waals surface area contributed by atoms with Crippen LogP contribution in [0.15, 0.2) is 16.6 Å². The van der Waals surface area contributed by atoms with E-state index in [1.165, 1.54) is 0 Å². The highest BCUT2D eigenvalue weighted by Crippen LogP contribution is 2.26. The Bertz CT molecular complexity index is 591. The smallest absolute Gasteiger partial charge is 0.286 e. The third-order valence-corrected chi connectivity index (χ3v) is 3.81. The van der Waals surface area contributed by atoms with Gasteiger partial charge in [-0.2, -0.15) is 0 Å². The zero-order valence-corrected chi connectivity index (χ0v) is 12.8. The number of carbonyl (C=O) groups excluding carboxylic acids is 1. The third kappa shape index (κ3) is 2.88. The summed E-state index contributed by atoms with van der Waals surface area (Å²) in [5.74, 6) is -0.298. The Morgan fingerprint density at radius 1 is 1.33 bits per heavy atom. The molecule has 0 fully saturated rings.